The van der Waals surface area contributed by atoms with Crippen LogP contribution >= 0.6 is 15.9 Å². The van der Waals surface area contributed by atoms with Gasteiger partial charge in [-0.05, 0) is 34.0 Å². The number of para-hydroxylation sites is 1. The topological polar surface area (TPSA) is 61.4 Å². The van der Waals surface area contributed by atoms with Crippen molar-refractivity contribution in [2.45, 2.75) is 20.0 Å². The second-order valence-corrected chi connectivity index (χ2v) is 5.32. The third-order valence-electron chi connectivity index (χ3n) is 2.56. The van der Waals surface area contributed by atoms with Crippen molar-refractivity contribution in [1.29, 1.82) is 0 Å². The summed E-state index contributed by atoms with van der Waals surface area (Å²) in [5.74, 6) is 0.0571. The summed E-state index contributed by atoms with van der Waals surface area (Å²) in [4.78, 5) is 11.6. The van der Waals surface area contributed by atoms with Gasteiger partial charge in [0.25, 0.3) is 0 Å². The van der Waals surface area contributed by atoms with Gasteiger partial charge < -0.3 is 15.7 Å². The van der Waals surface area contributed by atoms with Crippen LogP contribution in [0.15, 0.2) is 28.7 Å². The average molecular weight is 315 g/mol. The molecule has 0 spiro atoms. The maximum absolute atomic E-state index is 11.6. The molecule has 0 saturated carbocycles. The molecule has 0 fully saturated rings. The van der Waals surface area contributed by atoms with Crippen molar-refractivity contribution >= 4 is 27.5 Å². The monoisotopic (exact) mass is 314 g/mol. The molecule has 0 aliphatic heterocycles. The summed E-state index contributed by atoms with van der Waals surface area (Å²) in [5, 5.41) is 15.3. The van der Waals surface area contributed by atoms with Gasteiger partial charge in [0, 0.05) is 11.0 Å². The number of amides is 1. The van der Waals surface area contributed by atoms with Crippen LogP contribution in [0.2, 0.25) is 0 Å². The van der Waals surface area contributed by atoms with E-state index in [1.54, 1.807) is 0 Å². The Labute approximate surface area is 116 Å². The minimum absolute atomic E-state index is 0.127. The molecule has 1 atom stereocenters. The summed E-state index contributed by atoms with van der Waals surface area (Å²) in [7, 11) is 0. The Kier molecular flexibility index (Phi) is 6.32. The number of aliphatic hydroxyl groups excluding tert-OH is 1. The molecule has 1 rings (SSSR count). The Morgan fingerprint density at radius 2 is 2.06 bits per heavy atom. The van der Waals surface area contributed by atoms with E-state index in [4.69, 9.17) is 0 Å². The van der Waals surface area contributed by atoms with Crippen molar-refractivity contribution in [2.75, 3.05) is 18.4 Å². The van der Waals surface area contributed by atoms with Crippen LogP contribution in [-0.4, -0.2) is 30.2 Å². The van der Waals surface area contributed by atoms with Crippen LogP contribution in [0.4, 0.5) is 5.69 Å². The molecule has 1 amide bonds. The molecule has 0 saturated heterocycles. The molecule has 4 nitrogen and oxygen atoms in total. The van der Waals surface area contributed by atoms with Gasteiger partial charge in [-0.25, -0.2) is 0 Å². The molecule has 0 bridgehead atoms. The Hall–Kier alpha value is -0.910. The van der Waals surface area contributed by atoms with Gasteiger partial charge in [0.2, 0.25) is 5.91 Å². The summed E-state index contributed by atoms with van der Waals surface area (Å²) in [6, 6.07) is 7.43. The van der Waals surface area contributed by atoms with Gasteiger partial charge in [-0.2, -0.15) is 0 Å². The van der Waals surface area contributed by atoms with Crippen molar-refractivity contribution in [1.82, 2.24) is 5.32 Å². The molecule has 5 heteroatoms. The zero-order chi connectivity index (χ0) is 13.5. The van der Waals surface area contributed by atoms with Gasteiger partial charge in [0.1, 0.15) is 0 Å². The molecule has 3 N–H and O–H groups in total. The number of anilines is 1. The molecule has 0 aliphatic carbocycles. The molecule has 0 radical (unpaired) electrons. The lowest BCUT2D eigenvalue weighted by atomic mass is 10.1. The van der Waals surface area contributed by atoms with E-state index in [0.29, 0.717) is 6.54 Å². The number of carbonyl (C=O) groups is 1. The first-order valence-electron chi connectivity index (χ1n) is 5.94. The largest absolute Gasteiger partial charge is 0.392 e. The third kappa shape index (κ3) is 5.16. The lowest BCUT2D eigenvalue weighted by Gasteiger charge is -2.15. The van der Waals surface area contributed by atoms with Crippen molar-refractivity contribution in [3.05, 3.63) is 28.7 Å². The summed E-state index contributed by atoms with van der Waals surface area (Å²) < 4.78 is 0.848. The number of hydrogen-bond acceptors (Lipinski definition) is 3. The normalized spacial score (nSPS) is 12.5. The molecule has 18 heavy (non-hydrogen) atoms. The molecular weight excluding hydrogens is 296 g/mol. The third-order valence-corrected chi connectivity index (χ3v) is 3.25. The predicted molar refractivity (Wildman–Crippen MR) is 76.5 cm³/mol. The van der Waals surface area contributed by atoms with E-state index in [1.165, 1.54) is 0 Å². The Bertz CT molecular complexity index is 396. The Balaban J connectivity index is 2.33. The summed E-state index contributed by atoms with van der Waals surface area (Å²) in [6.07, 6.45) is -0.429. The highest BCUT2D eigenvalue weighted by Crippen LogP contribution is 2.20. The van der Waals surface area contributed by atoms with Crippen LogP contribution in [0.5, 0.6) is 0 Å². The first-order chi connectivity index (χ1) is 8.50. The van der Waals surface area contributed by atoms with Crippen molar-refractivity contribution in [3.63, 3.8) is 0 Å². The second kappa shape index (κ2) is 7.51. The van der Waals surface area contributed by atoms with Crippen LogP contribution in [0.25, 0.3) is 0 Å². The molecule has 1 aromatic carbocycles. The fraction of sp³-hybridized carbons (Fsp3) is 0.462. The van der Waals surface area contributed by atoms with E-state index in [1.807, 2.05) is 38.1 Å². The summed E-state index contributed by atoms with van der Waals surface area (Å²) >= 11 is 3.36. The number of hydrogen-bond donors (Lipinski definition) is 3. The van der Waals surface area contributed by atoms with Crippen LogP contribution < -0.4 is 10.6 Å². The summed E-state index contributed by atoms with van der Waals surface area (Å²) in [5.41, 5.74) is 0.744. The molecule has 1 aromatic rings. The van der Waals surface area contributed by atoms with E-state index >= 15 is 0 Å². The maximum atomic E-state index is 11.6. The zero-order valence-corrected chi connectivity index (χ0v) is 12.2. The van der Waals surface area contributed by atoms with E-state index in [2.05, 4.69) is 26.6 Å². The fourth-order valence-electron chi connectivity index (χ4n) is 1.33. The predicted octanol–water partition coefficient (Wildman–Crippen LogP) is 1.99. The number of carbonyl (C=O) groups excluding carboxylic acids is 1. The van der Waals surface area contributed by atoms with Gasteiger partial charge in [-0.3, -0.25) is 4.79 Å². The molecule has 1 unspecified atom stereocenters. The van der Waals surface area contributed by atoms with Crippen LogP contribution in [0.3, 0.4) is 0 Å². The van der Waals surface area contributed by atoms with Gasteiger partial charge in [-0.1, -0.05) is 26.0 Å². The molecule has 0 aromatic heterocycles. The summed E-state index contributed by atoms with van der Waals surface area (Å²) in [6.45, 7) is 4.48. The van der Waals surface area contributed by atoms with Crippen LogP contribution in [0, 0.1) is 5.92 Å². The highest BCUT2D eigenvalue weighted by atomic mass is 79.9. The Morgan fingerprint density at radius 3 is 2.67 bits per heavy atom. The lowest BCUT2D eigenvalue weighted by Crippen LogP contribution is -2.35. The first kappa shape index (κ1) is 15.1. The molecule has 100 valence electrons. The number of rotatable bonds is 6. The van der Waals surface area contributed by atoms with E-state index in [9.17, 15) is 9.90 Å². The molecule has 0 heterocycles. The number of aliphatic hydroxyl groups is 1. The zero-order valence-electron chi connectivity index (χ0n) is 10.6. The van der Waals surface area contributed by atoms with Crippen molar-refractivity contribution in [3.8, 4) is 0 Å². The molecular formula is C13H19BrN2O2. The fourth-order valence-corrected chi connectivity index (χ4v) is 1.71. The standard InChI is InChI=1S/C13H19BrN2O2/c1-9(2)12(17)7-15-8-13(18)16-11-6-4-3-5-10(11)14/h3-6,9,12,15,17H,7-8H2,1-2H3,(H,16,18). The lowest BCUT2D eigenvalue weighted by molar-refractivity contribution is -0.115. The molecule has 0 aliphatic rings. The van der Waals surface area contributed by atoms with E-state index < -0.39 is 6.10 Å². The second-order valence-electron chi connectivity index (χ2n) is 4.47. The van der Waals surface area contributed by atoms with Gasteiger partial charge in [0.05, 0.1) is 18.3 Å². The minimum Gasteiger partial charge on any atom is -0.392 e. The highest BCUT2D eigenvalue weighted by Gasteiger charge is 2.09. The minimum atomic E-state index is -0.429. The number of benzene rings is 1. The van der Waals surface area contributed by atoms with E-state index in [0.717, 1.165) is 10.2 Å². The highest BCUT2D eigenvalue weighted by molar-refractivity contribution is 9.10. The van der Waals surface area contributed by atoms with Crippen LogP contribution in [0.1, 0.15) is 13.8 Å². The smallest absolute Gasteiger partial charge is 0.238 e. The van der Waals surface area contributed by atoms with E-state index in [-0.39, 0.29) is 18.4 Å². The van der Waals surface area contributed by atoms with Gasteiger partial charge in [-0.15, -0.1) is 0 Å². The Morgan fingerprint density at radius 1 is 1.39 bits per heavy atom. The van der Waals surface area contributed by atoms with Gasteiger partial charge >= 0.3 is 0 Å². The first-order valence-corrected chi connectivity index (χ1v) is 6.73. The number of nitrogens with one attached hydrogen (secondary N) is 2. The van der Waals surface area contributed by atoms with Crippen molar-refractivity contribution < 1.29 is 9.90 Å². The average Bonchev–Trinajstić information content (AvgIpc) is 2.32. The number of halogens is 1. The van der Waals surface area contributed by atoms with Crippen LogP contribution in [-0.2, 0) is 4.79 Å². The van der Waals surface area contributed by atoms with Gasteiger partial charge in [0.15, 0.2) is 0 Å². The maximum Gasteiger partial charge on any atom is 0.238 e. The SMILES string of the molecule is CC(C)C(O)CNCC(=O)Nc1ccccc1Br. The van der Waals surface area contributed by atoms with Crippen molar-refractivity contribution in [2.24, 2.45) is 5.92 Å². The quantitative estimate of drug-likeness (QED) is 0.752.